The minimum Gasteiger partial charge on any atom is -0.544 e. The molecule has 0 radical (unpaired) electrons. The smallest absolute Gasteiger partial charge is 0.306 e. The molecule has 0 aromatic heterocycles. The number of unbranched alkanes of at least 4 members (excludes halogenated alkanes) is 19. The number of allylic oxidation sites excluding steroid dienone is 14. The van der Waals surface area contributed by atoms with Gasteiger partial charge in [-0.25, -0.2) is 0 Å². The molecule has 8 heteroatoms. The van der Waals surface area contributed by atoms with Crippen LogP contribution in [0.2, 0.25) is 0 Å². The van der Waals surface area contributed by atoms with Gasteiger partial charge in [-0.1, -0.05) is 189 Å². The number of quaternary nitrogens is 1. The van der Waals surface area contributed by atoms with Gasteiger partial charge in [0.05, 0.1) is 40.3 Å². The molecule has 0 saturated heterocycles. The first-order chi connectivity index (χ1) is 32.1. The molecule has 0 aliphatic carbocycles. The van der Waals surface area contributed by atoms with Crippen LogP contribution < -0.4 is 5.11 Å². The molecule has 0 aromatic rings. The summed E-state index contributed by atoms with van der Waals surface area (Å²) in [6.07, 6.45) is 63.2. The van der Waals surface area contributed by atoms with E-state index in [0.29, 0.717) is 12.8 Å². The summed E-state index contributed by atoms with van der Waals surface area (Å²) in [6.45, 7) is 4.51. The van der Waals surface area contributed by atoms with Crippen LogP contribution in [0.25, 0.3) is 0 Å². The van der Waals surface area contributed by atoms with Crippen LogP contribution in [0.15, 0.2) is 85.1 Å². The van der Waals surface area contributed by atoms with Gasteiger partial charge in [-0.3, -0.25) is 9.59 Å². The van der Waals surface area contributed by atoms with E-state index in [1.165, 1.54) is 83.5 Å². The summed E-state index contributed by atoms with van der Waals surface area (Å²) in [5.74, 6) is -1.76. The highest BCUT2D eigenvalue weighted by Crippen LogP contribution is 2.15. The first kappa shape index (κ1) is 62.5. The van der Waals surface area contributed by atoms with Gasteiger partial charge in [0.15, 0.2) is 6.10 Å². The zero-order chi connectivity index (χ0) is 48.4. The fraction of sp³-hybridized carbons (Fsp3) is 0.707. The predicted octanol–water partition coefficient (Wildman–Crippen LogP) is 14.3. The molecule has 2 atom stereocenters. The molecular weight excluding hydrogens is 823 g/mol. The summed E-state index contributed by atoms with van der Waals surface area (Å²) in [6, 6.07) is -0.734. The SMILES string of the molecule is CC/C=C\C/C=C\C/C=C\C/C=C\CCCCCCCCCCCCC(=O)OC(COCCC(C(=O)[O-])[N+](C)(C)C)COC(=O)CCCCCCCC/C=C\C/C=C\C/C=C\CCCCC. The van der Waals surface area contributed by atoms with Crippen molar-refractivity contribution in [3.63, 3.8) is 0 Å². The first-order valence-corrected chi connectivity index (χ1v) is 26.6. The summed E-state index contributed by atoms with van der Waals surface area (Å²) in [4.78, 5) is 37.1. The maximum Gasteiger partial charge on any atom is 0.306 e. The number of carboxylic acid groups (broad SMARTS) is 1. The van der Waals surface area contributed by atoms with Crippen LogP contribution in [0.3, 0.4) is 0 Å². The lowest BCUT2D eigenvalue weighted by Gasteiger charge is -2.34. The summed E-state index contributed by atoms with van der Waals surface area (Å²) < 4.78 is 17.2. The number of esters is 2. The number of carboxylic acids is 1. The van der Waals surface area contributed by atoms with Crippen molar-refractivity contribution < 1.29 is 38.2 Å². The number of rotatable bonds is 47. The Labute approximate surface area is 405 Å². The number of likely N-dealkylation sites (N-methyl/N-ethyl adjacent to an activating group) is 1. The maximum atomic E-state index is 12.8. The van der Waals surface area contributed by atoms with Gasteiger partial charge in [0, 0.05) is 19.3 Å². The van der Waals surface area contributed by atoms with Crippen molar-refractivity contribution in [1.82, 2.24) is 0 Å². The van der Waals surface area contributed by atoms with Crippen molar-refractivity contribution in [2.24, 2.45) is 0 Å². The maximum absolute atomic E-state index is 12.8. The summed E-state index contributed by atoms with van der Waals surface area (Å²) in [5.41, 5.74) is 0. The van der Waals surface area contributed by atoms with E-state index in [2.05, 4.69) is 98.9 Å². The van der Waals surface area contributed by atoms with Gasteiger partial charge in [0.1, 0.15) is 12.6 Å². The minimum absolute atomic E-state index is 0.0309. The van der Waals surface area contributed by atoms with Crippen molar-refractivity contribution in [3.8, 4) is 0 Å². The molecule has 0 spiro atoms. The van der Waals surface area contributed by atoms with Gasteiger partial charge in [0.25, 0.3) is 0 Å². The van der Waals surface area contributed by atoms with Crippen LogP contribution in [0.5, 0.6) is 0 Å². The number of hydrogen-bond acceptors (Lipinski definition) is 7. The normalized spacial score (nSPS) is 13.5. The third-order valence-corrected chi connectivity index (χ3v) is 11.5. The van der Waals surface area contributed by atoms with Crippen LogP contribution in [0.4, 0.5) is 0 Å². The number of carbonyl (C=O) groups is 3. The second-order valence-corrected chi connectivity index (χ2v) is 18.7. The Hall–Kier alpha value is -3.49. The standard InChI is InChI=1S/C58H99NO7/c1-6-8-10-12-14-16-18-20-22-24-26-27-28-29-31-33-35-37-39-41-43-45-47-49-57(61)66-54(52-64-51-50-55(58(62)63)59(3,4)5)53-65-56(60)48-46-44-42-40-38-36-34-32-30-25-23-21-19-17-15-13-11-9-7-2/h8,10,14-17,20-23,26-27,30,32,54-55H,6-7,9,11-13,18-19,24-25,28-29,31,33-53H2,1-5H3/b10-8-,16-14-,17-15-,22-20-,23-21-,27-26-,32-30-. The van der Waals surface area contributed by atoms with E-state index in [1.54, 1.807) is 21.1 Å². The third kappa shape index (κ3) is 45.7. The van der Waals surface area contributed by atoms with Gasteiger partial charge in [-0.05, 0) is 89.9 Å². The third-order valence-electron chi connectivity index (χ3n) is 11.5. The van der Waals surface area contributed by atoms with Gasteiger partial charge in [0.2, 0.25) is 0 Å². The summed E-state index contributed by atoms with van der Waals surface area (Å²) in [5, 5.41) is 11.7. The van der Waals surface area contributed by atoms with Gasteiger partial charge >= 0.3 is 11.9 Å². The molecule has 378 valence electrons. The second-order valence-electron chi connectivity index (χ2n) is 18.7. The molecule has 0 aliphatic heterocycles. The summed E-state index contributed by atoms with van der Waals surface area (Å²) >= 11 is 0. The molecule has 0 aromatic carbocycles. The summed E-state index contributed by atoms with van der Waals surface area (Å²) in [7, 11) is 5.41. The minimum atomic E-state index is -1.13. The highest BCUT2D eigenvalue weighted by molar-refractivity contribution is 5.70. The lowest BCUT2D eigenvalue weighted by molar-refractivity contribution is -0.889. The van der Waals surface area contributed by atoms with E-state index in [4.69, 9.17) is 14.2 Å². The molecule has 2 unspecified atom stereocenters. The number of hydrogen-bond donors (Lipinski definition) is 0. The number of carbonyl (C=O) groups excluding carboxylic acids is 3. The van der Waals surface area contributed by atoms with E-state index in [1.807, 2.05) is 0 Å². The van der Waals surface area contributed by atoms with Gasteiger partial charge in [-0.15, -0.1) is 0 Å². The topological polar surface area (TPSA) is 102 Å². The molecule has 0 amide bonds. The van der Waals surface area contributed by atoms with E-state index >= 15 is 0 Å². The van der Waals surface area contributed by atoms with Crippen LogP contribution >= 0.6 is 0 Å². The Morgan fingerprint density at radius 3 is 1.26 bits per heavy atom. The largest absolute Gasteiger partial charge is 0.544 e. The van der Waals surface area contributed by atoms with Crippen molar-refractivity contribution in [2.75, 3.05) is 41.0 Å². The van der Waals surface area contributed by atoms with Crippen LogP contribution in [0.1, 0.15) is 213 Å². The molecule has 0 fully saturated rings. The average molecular weight is 922 g/mol. The average Bonchev–Trinajstić information content (AvgIpc) is 3.28. The Bertz CT molecular complexity index is 1350. The molecule has 0 bridgehead atoms. The van der Waals surface area contributed by atoms with Crippen molar-refractivity contribution in [1.29, 1.82) is 0 Å². The number of nitrogens with zero attached hydrogens (tertiary/aromatic N) is 1. The quantitative estimate of drug-likeness (QED) is 0.0259. The first-order valence-electron chi connectivity index (χ1n) is 26.6. The van der Waals surface area contributed by atoms with Crippen molar-refractivity contribution in [3.05, 3.63) is 85.1 Å². The second kappa shape index (κ2) is 48.0. The highest BCUT2D eigenvalue weighted by Gasteiger charge is 2.25. The molecule has 66 heavy (non-hydrogen) atoms. The highest BCUT2D eigenvalue weighted by atomic mass is 16.6. The van der Waals surface area contributed by atoms with Crippen molar-refractivity contribution >= 4 is 17.9 Å². The zero-order valence-corrected chi connectivity index (χ0v) is 43.1. The molecule has 0 heterocycles. The lowest BCUT2D eigenvalue weighted by atomic mass is 10.0. The molecule has 0 rings (SSSR count). The van der Waals surface area contributed by atoms with Gasteiger partial charge < -0.3 is 28.6 Å². The van der Waals surface area contributed by atoms with E-state index < -0.39 is 18.1 Å². The van der Waals surface area contributed by atoms with Gasteiger partial charge in [-0.2, -0.15) is 0 Å². The zero-order valence-electron chi connectivity index (χ0n) is 43.1. The molecule has 0 N–H and O–H groups in total. The molecule has 0 saturated carbocycles. The fourth-order valence-corrected chi connectivity index (χ4v) is 7.42. The Morgan fingerprint density at radius 2 is 0.848 bits per heavy atom. The van der Waals surface area contributed by atoms with E-state index in [-0.39, 0.29) is 42.7 Å². The fourth-order valence-electron chi connectivity index (χ4n) is 7.42. The Balaban J connectivity index is 4.26. The molecule has 0 aliphatic rings. The Morgan fingerprint density at radius 1 is 0.470 bits per heavy atom. The molecule has 8 nitrogen and oxygen atoms in total. The monoisotopic (exact) mass is 922 g/mol. The Kier molecular flexibility index (Phi) is 45.4. The van der Waals surface area contributed by atoms with Crippen LogP contribution in [-0.2, 0) is 28.6 Å². The lowest BCUT2D eigenvalue weighted by Crippen LogP contribution is -2.55. The van der Waals surface area contributed by atoms with E-state index in [9.17, 15) is 19.5 Å². The van der Waals surface area contributed by atoms with Crippen LogP contribution in [0, 0.1) is 0 Å². The predicted molar refractivity (Wildman–Crippen MR) is 277 cm³/mol. The number of aliphatic carboxylic acids is 1. The number of ether oxygens (including phenoxy) is 3. The van der Waals surface area contributed by atoms with Crippen LogP contribution in [-0.4, -0.2) is 75.5 Å². The van der Waals surface area contributed by atoms with Crippen molar-refractivity contribution in [2.45, 2.75) is 225 Å². The van der Waals surface area contributed by atoms with E-state index in [0.717, 1.165) is 96.3 Å². The molecular formula is C58H99NO7.